The van der Waals surface area contributed by atoms with Crippen molar-refractivity contribution < 1.29 is 9.90 Å². The van der Waals surface area contributed by atoms with E-state index < -0.39 is 5.97 Å². The molecule has 154 valence electrons. The van der Waals surface area contributed by atoms with Gasteiger partial charge in [0.2, 0.25) is 0 Å². The molecular formula is C27H23NO2S. The van der Waals surface area contributed by atoms with Crippen LogP contribution in [0.1, 0.15) is 40.6 Å². The Morgan fingerprint density at radius 3 is 2.35 bits per heavy atom. The third kappa shape index (κ3) is 4.65. The molecule has 1 heterocycles. The van der Waals surface area contributed by atoms with Gasteiger partial charge in [-0.3, -0.25) is 0 Å². The standard InChI is InChI=1S/C27H23NO2S/c1-3-23(20-7-5-4-6-8-20)27(21-12-9-19(10-13-21)11-16-26(29)30)22-14-15-25-24(17-22)28-18(2)31-25/h4-17H,3H2,1-2H3,(H,29,30). The van der Waals surface area contributed by atoms with Crippen LogP contribution >= 0.6 is 11.3 Å². The predicted molar refractivity (Wildman–Crippen MR) is 130 cm³/mol. The summed E-state index contributed by atoms with van der Waals surface area (Å²) in [7, 11) is 0. The number of benzene rings is 3. The second-order valence-electron chi connectivity index (χ2n) is 7.28. The van der Waals surface area contributed by atoms with Gasteiger partial charge in [-0.1, -0.05) is 67.6 Å². The van der Waals surface area contributed by atoms with E-state index in [0.29, 0.717) is 0 Å². The average Bonchev–Trinajstić information content (AvgIpc) is 3.16. The lowest BCUT2D eigenvalue weighted by Gasteiger charge is -2.16. The Kier molecular flexibility index (Phi) is 6.10. The molecule has 0 aliphatic rings. The van der Waals surface area contributed by atoms with Crippen LogP contribution in [0.5, 0.6) is 0 Å². The van der Waals surface area contributed by atoms with Crippen molar-refractivity contribution >= 4 is 44.7 Å². The summed E-state index contributed by atoms with van der Waals surface area (Å²) in [5, 5.41) is 9.95. The fourth-order valence-electron chi connectivity index (χ4n) is 3.81. The van der Waals surface area contributed by atoms with Gasteiger partial charge in [0.05, 0.1) is 15.2 Å². The second kappa shape index (κ2) is 9.11. The molecule has 0 aliphatic carbocycles. The molecule has 0 saturated carbocycles. The maximum atomic E-state index is 10.8. The zero-order valence-corrected chi connectivity index (χ0v) is 18.3. The molecule has 0 aliphatic heterocycles. The topological polar surface area (TPSA) is 50.2 Å². The third-order valence-corrected chi connectivity index (χ3v) is 6.13. The van der Waals surface area contributed by atoms with Gasteiger partial charge < -0.3 is 5.11 Å². The molecule has 0 amide bonds. The van der Waals surface area contributed by atoms with Gasteiger partial charge in [0, 0.05) is 6.08 Å². The second-order valence-corrected chi connectivity index (χ2v) is 8.52. The van der Waals surface area contributed by atoms with E-state index in [2.05, 4.69) is 61.5 Å². The molecule has 3 nitrogen and oxygen atoms in total. The SMILES string of the molecule is CCC(=C(c1ccc(C=CC(=O)O)cc1)c1ccc2sc(C)nc2c1)c1ccccc1. The molecule has 0 atom stereocenters. The maximum Gasteiger partial charge on any atom is 0.328 e. The van der Waals surface area contributed by atoms with Crippen molar-refractivity contribution in [2.45, 2.75) is 20.3 Å². The lowest BCUT2D eigenvalue weighted by atomic mass is 9.88. The normalized spacial score (nSPS) is 12.3. The van der Waals surface area contributed by atoms with Gasteiger partial charge in [0.25, 0.3) is 0 Å². The van der Waals surface area contributed by atoms with Crippen LogP contribution in [0.3, 0.4) is 0 Å². The molecule has 0 fully saturated rings. The van der Waals surface area contributed by atoms with Gasteiger partial charge in [-0.25, -0.2) is 9.78 Å². The van der Waals surface area contributed by atoms with Crippen LogP contribution < -0.4 is 0 Å². The first kappa shape index (κ1) is 20.8. The van der Waals surface area contributed by atoms with Crippen molar-refractivity contribution in [3.05, 3.63) is 106 Å². The number of hydrogen-bond donors (Lipinski definition) is 1. The summed E-state index contributed by atoms with van der Waals surface area (Å²) >= 11 is 1.71. The van der Waals surface area contributed by atoms with Gasteiger partial charge in [-0.2, -0.15) is 0 Å². The van der Waals surface area contributed by atoms with E-state index in [-0.39, 0.29) is 0 Å². The number of aryl methyl sites for hydroxylation is 1. The molecular weight excluding hydrogens is 402 g/mol. The average molecular weight is 426 g/mol. The maximum absolute atomic E-state index is 10.8. The summed E-state index contributed by atoms with van der Waals surface area (Å²) in [5.74, 6) is -0.950. The summed E-state index contributed by atoms with van der Waals surface area (Å²) in [5.41, 5.74) is 7.74. The van der Waals surface area contributed by atoms with Gasteiger partial charge >= 0.3 is 5.97 Å². The van der Waals surface area contributed by atoms with E-state index in [4.69, 9.17) is 10.1 Å². The molecule has 0 spiro atoms. The molecule has 0 bridgehead atoms. The number of thiazole rings is 1. The van der Waals surface area contributed by atoms with E-state index >= 15 is 0 Å². The third-order valence-electron chi connectivity index (χ3n) is 5.18. The largest absolute Gasteiger partial charge is 0.478 e. The first-order valence-electron chi connectivity index (χ1n) is 10.2. The number of fused-ring (bicyclic) bond motifs is 1. The van der Waals surface area contributed by atoms with E-state index in [1.165, 1.54) is 21.4 Å². The summed E-state index contributed by atoms with van der Waals surface area (Å²) in [6.07, 6.45) is 3.65. The number of aliphatic carboxylic acids is 1. The summed E-state index contributed by atoms with van der Waals surface area (Å²) in [6.45, 7) is 4.21. The Morgan fingerprint density at radius 2 is 1.68 bits per heavy atom. The Hall–Kier alpha value is -3.50. The van der Waals surface area contributed by atoms with Crippen LogP contribution in [0, 0.1) is 6.92 Å². The molecule has 4 aromatic rings. The number of aromatic nitrogens is 1. The van der Waals surface area contributed by atoms with E-state index in [0.717, 1.165) is 39.7 Å². The zero-order valence-electron chi connectivity index (χ0n) is 17.5. The van der Waals surface area contributed by atoms with Crippen molar-refractivity contribution in [3.8, 4) is 0 Å². The fourth-order valence-corrected chi connectivity index (χ4v) is 4.61. The van der Waals surface area contributed by atoms with Crippen LogP contribution in [-0.2, 0) is 4.79 Å². The lowest BCUT2D eigenvalue weighted by Crippen LogP contribution is -1.95. The van der Waals surface area contributed by atoms with Gasteiger partial charge in [-0.15, -0.1) is 11.3 Å². The van der Waals surface area contributed by atoms with Crippen molar-refractivity contribution in [2.75, 3.05) is 0 Å². The molecule has 3 aromatic carbocycles. The predicted octanol–water partition coefficient (Wildman–Crippen LogP) is 7.07. The minimum absolute atomic E-state index is 0.855. The Morgan fingerprint density at radius 1 is 0.968 bits per heavy atom. The Labute approximate surface area is 186 Å². The molecule has 0 radical (unpaired) electrons. The molecule has 0 unspecified atom stereocenters. The highest BCUT2D eigenvalue weighted by Crippen LogP contribution is 2.36. The van der Waals surface area contributed by atoms with Crippen molar-refractivity contribution in [1.29, 1.82) is 0 Å². The van der Waals surface area contributed by atoms with E-state index in [1.54, 1.807) is 17.4 Å². The minimum atomic E-state index is -0.950. The number of carboxylic acid groups (broad SMARTS) is 1. The zero-order chi connectivity index (χ0) is 21.8. The monoisotopic (exact) mass is 425 g/mol. The number of rotatable bonds is 6. The van der Waals surface area contributed by atoms with Crippen molar-refractivity contribution in [1.82, 2.24) is 4.98 Å². The quantitative estimate of drug-likeness (QED) is 0.265. The fraction of sp³-hybridized carbons (Fsp3) is 0.111. The number of carbonyl (C=O) groups is 1. The molecule has 1 N–H and O–H groups in total. The highest BCUT2D eigenvalue weighted by Gasteiger charge is 2.14. The highest BCUT2D eigenvalue weighted by atomic mass is 32.1. The van der Waals surface area contributed by atoms with Crippen LogP contribution in [0.2, 0.25) is 0 Å². The first-order chi connectivity index (χ1) is 15.0. The van der Waals surface area contributed by atoms with Crippen molar-refractivity contribution in [2.24, 2.45) is 0 Å². The van der Waals surface area contributed by atoms with E-state index in [9.17, 15) is 4.79 Å². The minimum Gasteiger partial charge on any atom is -0.478 e. The van der Waals surface area contributed by atoms with Crippen LogP contribution in [0.15, 0.2) is 78.9 Å². The van der Waals surface area contributed by atoms with Crippen LogP contribution in [0.25, 0.3) is 27.4 Å². The van der Waals surface area contributed by atoms with Gasteiger partial charge in [-0.05, 0) is 65.0 Å². The molecule has 31 heavy (non-hydrogen) atoms. The highest BCUT2D eigenvalue weighted by molar-refractivity contribution is 7.18. The number of nitrogens with zero attached hydrogens (tertiary/aromatic N) is 1. The Balaban J connectivity index is 1.90. The molecule has 1 aromatic heterocycles. The molecule has 4 rings (SSSR count). The van der Waals surface area contributed by atoms with Crippen LogP contribution in [-0.4, -0.2) is 16.1 Å². The first-order valence-corrected chi connectivity index (χ1v) is 11.0. The summed E-state index contributed by atoms with van der Waals surface area (Å²) in [6, 6.07) is 25.0. The summed E-state index contributed by atoms with van der Waals surface area (Å²) < 4.78 is 1.19. The van der Waals surface area contributed by atoms with Gasteiger partial charge in [0.15, 0.2) is 0 Å². The number of hydrogen-bond acceptors (Lipinski definition) is 3. The number of carboxylic acids is 1. The molecule has 0 saturated heterocycles. The van der Waals surface area contributed by atoms with Crippen LogP contribution in [0.4, 0.5) is 0 Å². The number of allylic oxidation sites excluding steroid dienone is 1. The summed E-state index contributed by atoms with van der Waals surface area (Å²) in [4.78, 5) is 15.5. The van der Waals surface area contributed by atoms with Gasteiger partial charge in [0.1, 0.15) is 0 Å². The smallest absolute Gasteiger partial charge is 0.328 e. The Bertz CT molecular complexity index is 1280. The lowest BCUT2D eigenvalue weighted by molar-refractivity contribution is -0.131. The van der Waals surface area contributed by atoms with E-state index in [1.807, 2.05) is 25.1 Å². The van der Waals surface area contributed by atoms with Crippen molar-refractivity contribution in [3.63, 3.8) is 0 Å². The molecule has 4 heteroatoms.